The van der Waals surface area contributed by atoms with Crippen LogP contribution in [-0.2, 0) is 5.75 Å². The van der Waals surface area contributed by atoms with E-state index in [4.69, 9.17) is 11.6 Å². The Morgan fingerprint density at radius 1 is 1.29 bits per heavy atom. The third-order valence-corrected chi connectivity index (χ3v) is 3.76. The standard InChI is InChI=1S/C9H7ClN2S2/c10-8-11-9(14-12-8)13-6-7-4-2-1-3-5-7/h1-5H,6H2. The van der Waals surface area contributed by atoms with E-state index >= 15 is 0 Å². The first-order valence-electron chi connectivity index (χ1n) is 4.00. The maximum absolute atomic E-state index is 5.62. The lowest BCUT2D eigenvalue weighted by Crippen LogP contribution is -1.78. The number of aromatic nitrogens is 2. The van der Waals surface area contributed by atoms with Gasteiger partial charge in [-0.2, -0.15) is 9.36 Å². The normalized spacial score (nSPS) is 10.4. The molecular weight excluding hydrogens is 236 g/mol. The lowest BCUT2D eigenvalue weighted by atomic mass is 10.2. The largest absolute Gasteiger partial charge is 0.235 e. The molecule has 0 saturated heterocycles. The molecule has 0 bridgehead atoms. The second-order valence-electron chi connectivity index (χ2n) is 2.60. The topological polar surface area (TPSA) is 25.8 Å². The summed E-state index contributed by atoms with van der Waals surface area (Å²) in [5.41, 5.74) is 1.28. The average molecular weight is 243 g/mol. The van der Waals surface area contributed by atoms with Crippen LogP contribution in [0.4, 0.5) is 0 Å². The highest BCUT2D eigenvalue weighted by atomic mass is 35.5. The van der Waals surface area contributed by atoms with Gasteiger partial charge in [-0.1, -0.05) is 42.1 Å². The van der Waals surface area contributed by atoms with Crippen LogP contribution in [0.25, 0.3) is 0 Å². The highest BCUT2D eigenvalue weighted by Gasteiger charge is 2.01. The van der Waals surface area contributed by atoms with Crippen LogP contribution in [0.5, 0.6) is 0 Å². The minimum absolute atomic E-state index is 0.338. The summed E-state index contributed by atoms with van der Waals surface area (Å²) in [4.78, 5) is 4.06. The van der Waals surface area contributed by atoms with Gasteiger partial charge in [0.05, 0.1) is 0 Å². The summed E-state index contributed by atoms with van der Waals surface area (Å²) in [5, 5.41) is 0.338. The predicted molar refractivity (Wildman–Crippen MR) is 60.9 cm³/mol. The second-order valence-corrected chi connectivity index (χ2v) is 4.92. The monoisotopic (exact) mass is 242 g/mol. The van der Waals surface area contributed by atoms with Crippen molar-refractivity contribution in [1.29, 1.82) is 0 Å². The highest BCUT2D eigenvalue weighted by Crippen LogP contribution is 2.25. The summed E-state index contributed by atoms with van der Waals surface area (Å²) in [6.07, 6.45) is 0. The van der Waals surface area contributed by atoms with Gasteiger partial charge in [0.2, 0.25) is 5.28 Å². The van der Waals surface area contributed by atoms with Gasteiger partial charge in [-0.15, -0.1) is 0 Å². The zero-order valence-electron chi connectivity index (χ0n) is 7.18. The summed E-state index contributed by atoms with van der Waals surface area (Å²) < 4.78 is 4.82. The quantitative estimate of drug-likeness (QED) is 0.771. The molecular formula is C9H7ClN2S2. The highest BCUT2D eigenvalue weighted by molar-refractivity contribution is 8.00. The van der Waals surface area contributed by atoms with Gasteiger partial charge in [0.15, 0.2) is 4.34 Å². The molecule has 0 radical (unpaired) electrons. The van der Waals surface area contributed by atoms with E-state index in [9.17, 15) is 0 Å². The van der Waals surface area contributed by atoms with Crippen LogP contribution in [0.2, 0.25) is 5.28 Å². The number of halogens is 1. The van der Waals surface area contributed by atoms with Crippen LogP contribution in [0.1, 0.15) is 5.56 Å². The third kappa shape index (κ3) is 2.70. The predicted octanol–water partition coefficient (Wildman–Crippen LogP) is 3.48. The van der Waals surface area contributed by atoms with Crippen molar-refractivity contribution >= 4 is 34.9 Å². The van der Waals surface area contributed by atoms with Crippen molar-refractivity contribution < 1.29 is 0 Å². The molecule has 0 aliphatic rings. The molecule has 0 saturated carbocycles. The zero-order valence-corrected chi connectivity index (χ0v) is 9.57. The minimum Gasteiger partial charge on any atom is -0.198 e. The van der Waals surface area contributed by atoms with Crippen LogP contribution in [-0.4, -0.2) is 9.36 Å². The molecule has 0 N–H and O–H groups in total. The van der Waals surface area contributed by atoms with Crippen LogP contribution >= 0.6 is 34.9 Å². The molecule has 72 valence electrons. The molecule has 0 atom stereocenters. The van der Waals surface area contributed by atoms with Crippen LogP contribution in [0.15, 0.2) is 34.7 Å². The molecule has 1 aromatic heterocycles. The van der Waals surface area contributed by atoms with E-state index in [2.05, 4.69) is 21.5 Å². The number of hydrogen-bond donors (Lipinski definition) is 0. The Morgan fingerprint density at radius 2 is 2.07 bits per heavy atom. The molecule has 0 fully saturated rings. The summed E-state index contributed by atoms with van der Waals surface area (Å²) in [7, 11) is 0. The molecule has 0 unspecified atom stereocenters. The maximum Gasteiger partial charge on any atom is 0.235 e. The van der Waals surface area contributed by atoms with Gasteiger partial charge in [-0.3, -0.25) is 0 Å². The molecule has 14 heavy (non-hydrogen) atoms. The number of benzene rings is 1. The summed E-state index contributed by atoms with van der Waals surface area (Å²) in [6, 6.07) is 10.3. The van der Waals surface area contributed by atoms with Crippen molar-refractivity contribution in [2.24, 2.45) is 0 Å². The Bertz CT molecular complexity index is 402. The van der Waals surface area contributed by atoms with Gasteiger partial charge in [-0.25, -0.2) is 0 Å². The summed E-state index contributed by atoms with van der Waals surface area (Å²) in [6.45, 7) is 0. The zero-order chi connectivity index (χ0) is 9.80. The smallest absolute Gasteiger partial charge is 0.198 e. The average Bonchev–Trinajstić information content (AvgIpc) is 2.63. The van der Waals surface area contributed by atoms with Crippen LogP contribution in [0.3, 0.4) is 0 Å². The minimum atomic E-state index is 0.338. The van der Waals surface area contributed by atoms with E-state index in [-0.39, 0.29) is 0 Å². The molecule has 1 aromatic carbocycles. The Morgan fingerprint density at radius 3 is 2.71 bits per heavy atom. The van der Waals surface area contributed by atoms with Crippen LogP contribution in [0, 0.1) is 0 Å². The van der Waals surface area contributed by atoms with Crippen molar-refractivity contribution in [3.63, 3.8) is 0 Å². The van der Waals surface area contributed by atoms with Crippen molar-refractivity contribution in [2.45, 2.75) is 10.1 Å². The lowest BCUT2D eigenvalue weighted by molar-refractivity contribution is 1.21. The van der Waals surface area contributed by atoms with E-state index in [1.54, 1.807) is 11.8 Å². The fourth-order valence-corrected chi connectivity index (χ4v) is 2.71. The van der Waals surface area contributed by atoms with E-state index in [1.165, 1.54) is 17.1 Å². The molecule has 0 spiro atoms. The van der Waals surface area contributed by atoms with Crippen molar-refractivity contribution in [3.05, 3.63) is 41.2 Å². The van der Waals surface area contributed by atoms with Gasteiger partial charge in [0.25, 0.3) is 0 Å². The van der Waals surface area contributed by atoms with E-state index in [1.807, 2.05) is 18.2 Å². The fraction of sp³-hybridized carbons (Fsp3) is 0.111. The Kier molecular flexibility index (Phi) is 3.39. The van der Waals surface area contributed by atoms with Gasteiger partial charge in [0.1, 0.15) is 0 Å². The van der Waals surface area contributed by atoms with Crippen LogP contribution < -0.4 is 0 Å². The number of rotatable bonds is 3. The third-order valence-electron chi connectivity index (χ3n) is 1.59. The first kappa shape index (κ1) is 9.96. The van der Waals surface area contributed by atoms with Gasteiger partial charge in [0, 0.05) is 5.75 Å². The van der Waals surface area contributed by atoms with Gasteiger partial charge in [-0.05, 0) is 28.7 Å². The van der Waals surface area contributed by atoms with Gasteiger partial charge >= 0.3 is 0 Å². The van der Waals surface area contributed by atoms with E-state index in [0.29, 0.717) is 5.28 Å². The lowest BCUT2D eigenvalue weighted by Gasteiger charge is -1.96. The summed E-state index contributed by atoms with van der Waals surface area (Å²) in [5.74, 6) is 0.909. The molecule has 0 amide bonds. The SMILES string of the molecule is Clc1nsc(SCc2ccccc2)n1. The fourth-order valence-electron chi connectivity index (χ4n) is 0.971. The van der Waals surface area contributed by atoms with Crippen molar-refractivity contribution in [2.75, 3.05) is 0 Å². The Balaban J connectivity index is 1.95. The Labute approximate surface area is 95.5 Å². The first-order chi connectivity index (χ1) is 6.84. The Hall–Kier alpha value is -0.580. The van der Waals surface area contributed by atoms with Gasteiger partial charge < -0.3 is 0 Å². The summed E-state index contributed by atoms with van der Waals surface area (Å²) >= 11 is 8.61. The maximum atomic E-state index is 5.62. The molecule has 0 aliphatic heterocycles. The first-order valence-corrected chi connectivity index (χ1v) is 6.14. The molecule has 1 heterocycles. The van der Waals surface area contributed by atoms with Crippen molar-refractivity contribution in [3.8, 4) is 0 Å². The van der Waals surface area contributed by atoms with E-state index < -0.39 is 0 Å². The molecule has 0 aliphatic carbocycles. The molecule has 5 heteroatoms. The van der Waals surface area contributed by atoms with Crippen molar-refractivity contribution in [1.82, 2.24) is 9.36 Å². The number of thioether (sulfide) groups is 1. The molecule has 2 nitrogen and oxygen atoms in total. The molecule has 2 aromatic rings. The number of hydrogen-bond acceptors (Lipinski definition) is 4. The van der Waals surface area contributed by atoms with E-state index in [0.717, 1.165) is 10.1 Å². The molecule has 2 rings (SSSR count). The second kappa shape index (κ2) is 4.77. The number of nitrogens with zero attached hydrogens (tertiary/aromatic N) is 2.